The second-order valence-corrected chi connectivity index (χ2v) is 5.75. The van der Waals surface area contributed by atoms with Gasteiger partial charge in [-0.15, -0.1) is 0 Å². The Morgan fingerprint density at radius 3 is 2.65 bits per heavy atom. The van der Waals surface area contributed by atoms with Crippen molar-refractivity contribution >= 4 is 11.9 Å². The third-order valence-electron chi connectivity index (χ3n) is 4.05. The zero-order chi connectivity index (χ0) is 14.1. The molecule has 2 aliphatic rings. The molecule has 20 heavy (non-hydrogen) atoms. The zero-order valence-electron chi connectivity index (χ0n) is 11.6. The van der Waals surface area contributed by atoms with E-state index in [1.807, 2.05) is 18.5 Å². The van der Waals surface area contributed by atoms with E-state index < -0.39 is 5.97 Å². The van der Waals surface area contributed by atoms with Crippen molar-refractivity contribution in [2.75, 3.05) is 18.0 Å². The Morgan fingerprint density at radius 2 is 2.10 bits per heavy atom. The van der Waals surface area contributed by atoms with Crippen molar-refractivity contribution in [3.05, 3.63) is 29.6 Å². The summed E-state index contributed by atoms with van der Waals surface area (Å²) in [6.07, 6.45) is 8.51. The highest BCUT2D eigenvalue weighted by molar-refractivity contribution is 5.70. The first kappa shape index (κ1) is 13.1. The van der Waals surface area contributed by atoms with Crippen LogP contribution in [0, 0.1) is 5.92 Å². The molecule has 1 aromatic rings. The number of nitrogens with zero attached hydrogens (tertiary/aromatic N) is 3. The number of hydrogen-bond acceptors (Lipinski definition) is 4. The highest BCUT2D eigenvalue weighted by Crippen LogP contribution is 2.39. The van der Waals surface area contributed by atoms with Crippen LogP contribution < -0.4 is 4.90 Å². The van der Waals surface area contributed by atoms with Crippen molar-refractivity contribution in [1.29, 1.82) is 0 Å². The summed E-state index contributed by atoms with van der Waals surface area (Å²) in [5.41, 5.74) is 2.24. The number of rotatable bonds is 4. The second-order valence-electron chi connectivity index (χ2n) is 5.75. The SMILES string of the molecule is CC1CN(c2ncc(C3CC3)cn2)CC=C1CC(=O)O. The normalized spacial score (nSPS) is 22.6. The van der Waals surface area contributed by atoms with Crippen LogP contribution in [0.15, 0.2) is 24.0 Å². The Bertz CT molecular complexity index is 535. The first-order chi connectivity index (χ1) is 9.63. The molecule has 1 unspecified atom stereocenters. The number of hydrogen-bond donors (Lipinski definition) is 1. The summed E-state index contributed by atoms with van der Waals surface area (Å²) < 4.78 is 0. The smallest absolute Gasteiger partial charge is 0.307 e. The molecule has 0 spiro atoms. The van der Waals surface area contributed by atoms with E-state index in [0.29, 0.717) is 12.5 Å². The molecule has 2 heterocycles. The lowest BCUT2D eigenvalue weighted by Gasteiger charge is -2.30. The Kier molecular flexibility index (Phi) is 3.42. The number of aliphatic carboxylic acids is 1. The van der Waals surface area contributed by atoms with Gasteiger partial charge in [0.05, 0.1) is 6.42 Å². The maximum Gasteiger partial charge on any atom is 0.307 e. The molecule has 0 saturated heterocycles. The molecule has 0 aromatic carbocycles. The number of aromatic nitrogens is 2. The minimum absolute atomic E-state index is 0.135. The van der Waals surface area contributed by atoms with Crippen LogP contribution in [0.3, 0.4) is 0 Å². The molecule has 1 saturated carbocycles. The van der Waals surface area contributed by atoms with Gasteiger partial charge in [-0.05, 0) is 30.2 Å². The van der Waals surface area contributed by atoms with Crippen molar-refractivity contribution < 1.29 is 9.90 Å². The van der Waals surface area contributed by atoms with Gasteiger partial charge in [-0.2, -0.15) is 0 Å². The van der Waals surface area contributed by atoms with Gasteiger partial charge >= 0.3 is 5.97 Å². The summed E-state index contributed by atoms with van der Waals surface area (Å²) in [5, 5.41) is 8.88. The molecule has 1 aliphatic heterocycles. The number of carbonyl (C=O) groups is 1. The Labute approximate surface area is 118 Å². The largest absolute Gasteiger partial charge is 0.481 e. The van der Waals surface area contributed by atoms with E-state index in [1.54, 1.807) is 0 Å². The molecule has 106 valence electrons. The predicted octanol–water partition coefficient (Wildman–Crippen LogP) is 2.21. The quantitative estimate of drug-likeness (QED) is 0.852. The molecule has 1 fully saturated rings. The molecular formula is C15H19N3O2. The molecule has 1 N–H and O–H groups in total. The van der Waals surface area contributed by atoms with Crippen molar-refractivity contribution in [1.82, 2.24) is 9.97 Å². The molecule has 1 aliphatic carbocycles. The molecule has 0 amide bonds. The van der Waals surface area contributed by atoms with Crippen molar-refractivity contribution in [2.45, 2.75) is 32.1 Å². The van der Waals surface area contributed by atoms with E-state index in [4.69, 9.17) is 5.11 Å². The average molecular weight is 273 g/mol. The van der Waals surface area contributed by atoms with Gasteiger partial charge in [0, 0.05) is 25.5 Å². The van der Waals surface area contributed by atoms with Gasteiger partial charge in [0.15, 0.2) is 0 Å². The first-order valence-electron chi connectivity index (χ1n) is 7.11. The fourth-order valence-electron chi connectivity index (χ4n) is 2.66. The van der Waals surface area contributed by atoms with E-state index in [0.717, 1.165) is 18.1 Å². The molecule has 5 nitrogen and oxygen atoms in total. The van der Waals surface area contributed by atoms with Gasteiger partial charge in [-0.1, -0.05) is 18.6 Å². The molecule has 1 aromatic heterocycles. The van der Waals surface area contributed by atoms with Crippen molar-refractivity contribution in [3.8, 4) is 0 Å². The molecule has 5 heteroatoms. The molecule has 3 rings (SSSR count). The second kappa shape index (κ2) is 5.23. The van der Waals surface area contributed by atoms with Gasteiger partial charge < -0.3 is 10.0 Å². The Hall–Kier alpha value is -1.91. The van der Waals surface area contributed by atoms with E-state index in [-0.39, 0.29) is 12.3 Å². The van der Waals surface area contributed by atoms with Crippen LogP contribution in [0.5, 0.6) is 0 Å². The maximum atomic E-state index is 10.8. The van der Waals surface area contributed by atoms with Crippen molar-refractivity contribution in [2.24, 2.45) is 5.92 Å². The van der Waals surface area contributed by atoms with E-state index in [2.05, 4.69) is 21.8 Å². The van der Waals surface area contributed by atoms with Crippen LogP contribution in [-0.2, 0) is 4.79 Å². The minimum Gasteiger partial charge on any atom is -0.481 e. The monoisotopic (exact) mass is 273 g/mol. The molecule has 1 atom stereocenters. The van der Waals surface area contributed by atoms with Crippen LogP contribution in [0.4, 0.5) is 5.95 Å². The van der Waals surface area contributed by atoms with Crippen LogP contribution >= 0.6 is 0 Å². The summed E-state index contributed by atoms with van der Waals surface area (Å²) in [4.78, 5) is 21.8. The molecule has 0 bridgehead atoms. The van der Waals surface area contributed by atoms with Gasteiger partial charge in [-0.3, -0.25) is 4.79 Å². The van der Waals surface area contributed by atoms with Crippen LogP contribution in [0.25, 0.3) is 0 Å². The fraction of sp³-hybridized carbons (Fsp3) is 0.533. The van der Waals surface area contributed by atoms with Crippen LogP contribution in [0.1, 0.15) is 37.7 Å². The third kappa shape index (κ3) is 2.81. The zero-order valence-corrected chi connectivity index (χ0v) is 11.6. The summed E-state index contributed by atoms with van der Waals surface area (Å²) in [5.74, 6) is 0.881. The van der Waals surface area contributed by atoms with Gasteiger partial charge in [-0.25, -0.2) is 9.97 Å². The first-order valence-corrected chi connectivity index (χ1v) is 7.11. The predicted molar refractivity (Wildman–Crippen MR) is 75.7 cm³/mol. The van der Waals surface area contributed by atoms with Gasteiger partial charge in [0.1, 0.15) is 0 Å². The summed E-state index contributed by atoms with van der Waals surface area (Å²) >= 11 is 0. The van der Waals surface area contributed by atoms with Gasteiger partial charge in [0.25, 0.3) is 0 Å². The summed E-state index contributed by atoms with van der Waals surface area (Å²) in [6.45, 7) is 3.52. The Balaban J connectivity index is 1.69. The topological polar surface area (TPSA) is 66.3 Å². The lowest BCUT2D eigenvalue weighted by Crippen LogP contribution is -2.35. The highest BCUT2D eigenvalue weighted by Gasteiger charge is 2.25. The standard InChI is InChI=1S/C15H19N3O2/c1-10-9-18(5-4-12(10)6-14(19)20)15-16-7-13(8-17-15)11-2-3-11/h4,7-8,10-11H,2-3,5-6,9H2,1H3,(H,19,20). The van der Waals surface area contributed by atoms with E-state index in [1.165, 1.54) is 18.4 Å². The summed E-state index contributed by atoms with van der Waals surface area (Å²) in [6, 6.07) is 0. The fourth-order valence-corrected chi connectivity index (χ4v) is 2.66. The van der Waals surface area contributed by atoms with E-state index in [9.17, 15) is 4.79 Å². The van der Waals surface area contributed by atoms with Gasteiger partial charge in [0.2, 0.25) is 5.95 Å². The molecular weight excluding hydrogens is 254 g/mol. The van der Waals surface area contributed by atoms with Crippen molar-refractivity contribution in [3.63, 3.8) is 0 Å². The lowest BCUT2D eigenvalue weighted by molar-refractivity contribution is -0.136. The Morgan fingerprint density at radius 1 is 1.40 bits per heavy atom. The highest BCUT2D eigenvalue weighted by atomic mass is 16.4. The molecule has 0 radical (unpaired) electrons. The maximum absolute atomic E-state index is 10.8. The van der Waals surface area contributed by atoms with Crippen LogP contribution in [0.2, 0.25) is 0 Å². The average Bonchev–Trinajstić information content (AvgIpc) is 3.25. The van der Waals surface area contributed by atoms with Crippen LogP contribution in [-0.4, -0.2) is 34.1 Å². The third-order valence-corrected chi connectivity index (χ3v) is 4.05. The van der Waals surface area contributed by atoms with E-state index >= 15 is 0 Å². The number of carboxylic acid groups (broad SMARTS) is 1. The number of anilines is 1. The minimum atomic E-state index is -0.762. The number of carboxylic acids is 1. The lowest BCUT2D eigenvalue weighted by atomic mass is 9.94. The summed E-state index contributed by atoms with van der Waals surface area (Å²) in [7, 11) is 0.